The molecule has 0 radical (unpaired) electrons. The minimum Gasteiger partial charge on any atom is -0.399 e. The van der Waals surface area contributed by atoms with Crippen LogP contribution in [0.3, 0.4) is 0 Å². The lowest BCUT2D eigenvalue weighted by Crippen LogP contribution is -2.39. The van der Waals surface area contributed by atoms with Gasteiger partial charge in [-0.1, -0.05) is 31.4 Å². The second kappa shape index (κ2) is 6.93. The van der Waals surface area contributed by atoms with Crippen LogP contribution in [0, 0.1) is 0 Å². The summed E-state index contributed by atoms with van der Waals surface area (Å²) in [4.78, 5) is 11.9. The predicted molar refractivity (Wildman–Crippen MR) is 83.4 cm³/mol. The molecule has 0 saturated heterocycles. The lowest BCUT2D eigenvalue weighted by Gasteiger charge is -2.22. The number of anilines is 1. The van der Waals surface area contributed by atoms with Crippen LogP contribution < -0.4 is 11.1 Å². The van der Waals surface area contributed by atoms with Gasteiger partial charge in [-0.25, -0.2) is 8.42 Å². The highest BCUT2D eigenvalue weighted by atomic mass is 32.2. The van der Waals surface area contributed by atoms with Crippen molar-refractivity contribution in [3.05, 3.63) is 29.8 Å². The summed E-state index contributed by atoms with van der Waals surface area (Å²) in [7, 11) is -3.45. The lowest BCUT2D eigenvalue weighted by atomic mass is 9.95. The number of nitrogen functional groups attached to an aromatic ring is 1. The van der Waals surface area contributed by atoms with E-state index in [2.05, 4.69) is 5.32 Å². The first-order valence-corrected chi connectivity index (χ1v) is 9.11. The van der Waals surface area contributed by atoms with Gasteiger partial charge in [0.15, 0.2) is 9.84 Å². The van der Waals surface area contributed by atoms with Gasteiger partial charge in [-0.15, -0.1) is 0 Å². The number of nitrogens with two attached hydrogens (primary N) is 1. The van der Waals surface area contributed by atoms with Crippen LogP contribution in [0.15, 0.2) is 24.3 Å². The summed E-state index contributed by atoms with van der Waals surface area (Å²) in [5, 5.41) is 2.83. The SMILES string of the molecule is Nc1ccc(CS(=O)(=O)CC(=O)NC2CCCCC2)cc1. The highest BCUT2D eigenvalue weighted by Gasteiger charge is 2.21. The van der Waals surface area contributed by atoms with Crippen molar-refractivity contribution in [2.45, 2.75) is 43.9 Å². The third kappa shape index (κ3) is 5.38. The molecular formula is C15H22N2O3S. The number of hydrogen-bond donors (Lipinski definition) is 2. The number of carbonyl (C=O) groups is 1. The molecule has 0 heterocycles. The van der Waals surface area contributed by atoms with Gasteiger partial charge in [0.1, 0.15) is 5.75 Å². The number of amides is 1. The fourth-order valence-electron chi connectivity index (χ4n) is 2.63. The molecule has 1 aliphatic carbocycles. The van der Waals surface area contributed by atoms with Crippen LogP contribution in [0.1, 0.15) is 37.7 Å². The van der Waals surface area contributed by atoms with Crippen LogP contribution in [0.5, 0.6) is 0 Å². The monoisotopic (exact) mass is 310 g/mol. The number of nitrogens with one attached hydrogen (secondary N) is 1. The predicted octanol–water partition coefficient (Wildman–Crippen LogP) is 1.63. The van der Waals surface area contributed by atoms with E-state index >= 15 is 0 Å². The number of benzene rings is 1. The van der Waals surface area contributed by atoms with Gasteiger partial charge in [0, 0.05) is 11.7 Å². The van der Waals surface area contributed by atoms with E-state index in [0.717, 1.165) is 25.7 Å². The van der Waals surface area contributed by atoms with Gasteiger partial charge in [-0.2, -0.15) is 0 Å². The van der Waals surface area contributed by atoms with E-state index in [1.54, 1.807) is 24.3 Å². The first-order chi connectivity index (χ1) is 9.94. The Balaban J connectivity index is 1.87. The second-order valence-corrected chi connectivity index (χ2v) is 7.74. The first-order valence-electron chi connectivity index (χ1n) is 7.29. The van der Waals surface area contributed by atoms with Gasteiger partial charge in [0.05, 0.1) is 5.75 Å². The molecule has 1 amide bonds. The van der Waals surface area contributed by atoms with Crippen molar-refractivity contribution in [3.63, 3.8) is 0 Å². The van der Waals surface area contributed by atoms with Crippen LogP contribution in [0.4, 0.5) is 5.69 Å². The first kappa shape index (κ1) is 15.8. The molecule has 0 spiro atoms. The van der Waals surface area contributed by atoms with Crippen LogP contribution in [0.25, 0.3) is 0 Å². The molecule has 1 fully saturated rings. The zero-order valence-electron chi connectivity index (χ0n) is 12.0. The van der Waals surface area contributed by atoms with E-state index in [9.17, 15) is 13.2 Å². The molecule has 0 bridgehead atoms. The van der Waals surface area contributed by atoms with E-state index in [1.807, 2.05) is 0 Å². The van der Waals surface area contributed by atoms with Crippen molar-refractivity contribution in [1.82, 2.24) is 5.32 Å². The Morgan fingerprint density at radius 1 is 1.14 bits per heavy atom. The third-order valence-electron chi connectivity index (χ3n) is 3.69. The van der Waals surface area contributed by atoms with Crippen molar-refractivity contribution >= 4 is 21.4 Å². The highest BCUT2D eigenvalue weighted by molar-refractivity contribution is 7.91. The Kier molecular flexibility index (Phi) is 5.22. The molecule has 0 aliphatic heterocycles. The Bertz CT molecular complexity index is 575. The Morgan fingerprint density at radius 2 is 1.76 bits per heavy atom. The molecule has 1 aliphatic rings. The molecule has 1 aromatic rings. The molecule has 3 N–H and O–H groups in total. The maximum atomic E-state index is 12.0. The summed E-state index contributed by atoms with van der Waals surface area (Å²) in [6.45, 7) is 0. The van der Waals surface area contributed by atoms with Crippen LogP contribution in [-0.4, -0.2) is 26.1 Å². The maximum Gasteiger partial charge on any atom is 0.235 e. The Morgan fingerprint density at radius 3 is 2.38 bits per heavy atom. The van der Waals surface area contributed by atoms with Crippen LogP contribution in [0.2, 0.25) is 0 Å². The van der Waals surface area contributed by atoms with Crippen LogP contribution in [-0.2, 0) is 20.4 Å². The molecule has 0 unspecified atom stereocenters. The lowest BCUT2D eigenvalue weighted by molar-refractivity contribution is -0.119. The van der Waals surface area contributed by atoms with Gasteiger partial charge >= 0.3 is 0 Å². The molecule has 0 aromatic heterocycles. The van der Waals surface area contributed by atoms with Crippen molar-refractivity contribution < 1.29 is 13.2 Å². The number of carbonyl (C=O) groups excluding carboxylic acids is 1. The molecule has 116 valence electrons. The van der Waals surface area contributed by atoms with Gasteiger partial charge in [0.2, 0.25) is 5.91 Å². The topological polar surface area (TPSA) is 89.3 Å². The average Bonchev–Trinajstić information content (AvgIpc) is 2.41. The largest absolute Gasteiger partial charge is 0.399 e. The minimum absolute atomic E-state index is 0.134. The molecule has 2 rings (SSSR count). The van der Waals surface area contributed by atoms with Crippen molar-refractivity contribution in [2.24, 2.45) is 0 Å². The summed E-state index contributed by atoms with van der Waals surface area (Å²) in [5.74, 6) is -0.975. The van der Waals surface area contributed by atoms with Gasteiger partial charge < -0.3 is 11.1 Å². The fourth-order valence-corrected chi connectivity index (χ4v) is 3.92. The summed E-state index contributed by atoms with van der Waals surface area (Å²) in [5.41, 5.74) is 6.80. The van der Waals surface area contributed by atoms with E-state index in [-0.39, 0.29) is 11.8 Å². The molecule has 1 aromatic carbocycles. The Labute approximate surface area is 125 Å². The van der Waals surface area contributed by atoms with E-state index < -0.39 is 21.5 Å². The Hall–Kier alpha value is -1.56. The summed E-state index contributed by atoms with van der Waals surface area (Å²) >= 11 is 0. The molecule has 21 heavy (non-hydrogen) atoms. The van der Waals surface area contributed by atoms with Crippen molar-refractivity contribution in [3.8, 4) is 0 Å². The minimum atomic E-state index is -3.45. The highest BCUT2D eigenvalue weighted by Crippen LogP contribution is 2.17. The number of sulfone groups is 1. The quantitative estimate of drug-likeness (QED) is 0.809. The summed E-state index contributed by atoms with van der Waals surface area (Å²) in [6, 6.07) is 6.80. The van der Waals surface area contributed by atoms with Crippen molar-refractivity contribution in [2.75, 3.05) is 11.5 Å². The molecular weight excluding hydrogens is 288 g/mol. The zero-order valence-corrected chi connectivity index (χ0v) is 12.9. The maximum absolute atomic E-state index is 12.0. The average molecular weight is 310 g/mol. The smallest absolute Gasteiger partial charge is 0.235 e. The molecule has 0 atom stereocenters. The summed E-state index contributed by atoms with van der Waals surface area (Å²) in [6.07, 6.45) is 5.29. The van der Waals surface area contributed by atoms with E-state index in [4.69, 9.17) is 5.73 Å². The van der Waals surface area contributed by atoms with Gasteiger partial charge in [0.25, 0.3) is 0 Å². The molecule has 5 nitrogen and oxygen atoms in total. The molecule has 6 heteroatoms. The standard InChI is InChI=1S/C15H22N2O3S/c16-13-8-6-12(7-9-13)10-21(19,20)11-15(18)17-14-4-2-1-3-5-14/h6-9,14H,1-5,10-11,16H2,(H,17,18). The third-order valence-corrected chi connectivity index (χ3v) is 5.16. The normalized spacial score (nSPS) is 16.6. The second-order valence-electron chi connectivity index (χ2n) is 5.68. The number of hydrogen-bond acceptors (Lipinski definition) is 4. The van der Waals surface area contributed by atoms with Gasteiger partial charge in [-0.05, 0) is 30.5 Å². The zero-order chi connectivity index (χ0) is 15.3. The molecule has 1 saturated carbocycles. The number of rotatable bonds is 5. The fraction of sp³-hybridized carbons (Fsp3) is 0.533. The summed E-state index contributed by atoms with van der Waals surface area (Å²) < 4.78 is 24.1. The van der Waals surface area contributed by atoms with Crippen LogP contribution >= 0.6 is 0 Å². The van der Waals surface area contributed by atoms with Crippen molar-refractivity contribution in [1.29, 1.82) is 0 Å². The van der Waals surface area contributed by atoms with E-state index in [1.165, 1.54) is 6.42 Å². The van der Waals surface area contributed by atoms with Gasteiger partial charge in [-0.3, -0.25) is 4.79 Å². The van der Waals surface area contributed by atoms with E-state index in [0.29, 0.717) is 11.3 Å².